The van der Waals surface area contributed by atoms with Crippen molar-refractivity contribution in [2.75, 3.05) is 52.5 Å². The number of carbonyl (C=O) groups excluding carboxylic acids is 1. The third-order valence-electron chi connectivity index (χ3n) is 4.24. The number of rotatable bonds is 5. The van der Waals surface area contributed by atoms with Gasteiger partial charge in [0.1, 0.15) is 12.7 Å². The molecule has 11 heteroatoms. The average Bonchev–Trinajstić information content (AvgIpc) is 3.14. The van der Waals surface area contributed by atoms with Gasteiger partial charge in [0.05, 0.1) is 19.8 Å². The average molecular weight is 358 g/mol. The highest BCUT2D eigenvalue weighted by atomic mass is 32.2. The normalized spacial score (nSPS) is 21.1. The molecule has 0 bridgehead atoms. The van der Waals surface area contributed by atoms with Crippen LogP contribution in [0.1, 0.15) is 6.42 Å². The maximum absolute atomic E-state index is 12.6. The Morgan fingerprint density at radius 3 is 2.33 bits per heavy atom. The summed E-state index contributed by atoms with van der Waals surface area (Å²) in [5.74, 6) is 0.00826. The summed E-state index contributed by atoms with van der Waals surface area (Å²) in [6.45, 7) is 3.60. The van der Waals surface area contributed by atoms with Crippen LogP contribution in [0.15, 0.2) is 12.7 Å². The smallest absolute Gasteiger partial charge is 0.282 e. The quantitative estimate of drug-likeness (QED) is 0.628. The number of morpholine rings is 1. The van der Waals surface area contributed by atoms with E-state index in [2.05, 4.69) is 10.1 Å². The highest BCUT2D eigenvalue weighted by Gasteiger charge is 2.34. The van der Waals surface area contributed by atoms with Crippen LogP contribution < -0.4 is 0 Å². The van der Waals surface area contributed by atoms with E-state index in [-0.39, 0.29) is 5.91 Å². The first-order chi connectivity index (χ1) is 11.6. The molecular formula is C13H22N6O4S. The Balaban J connectivity index is 1.48. The van der Waals surface area contributed by atoms with E-state index in [4.69, 9.17) is 4.74 Å². The predicted octanol–water partition coefficient (Wildman–Crippen LogP) is -1.61. The van der Waals surface area contributed by atoms with Crippen molar-refractivity contribution in [3.05, 3.63) is 12.7 Å². The maximum atomic E-state index is 12.6. The molecule has 2 saturated heterocycles. The topological polar surface area (TPSA) is 101 Å². The minimum absolute atomic E-state index is 0.00826. The second-order valence-corrected chi connectivity index (χ2v) is 7.64. The minimum atomic E-state index is -3.46. The van der Waals surface area contributed by atoms with Gasteiger partial charge in [0.2, 0.25) is 5.91 Å². The van der Waals surface area contributed by atoms with Crippen molar-refractivity contribution < 1.29 is 17.9 Å². The first-order valence-corrected chi connectivity index (χ1v) is 9.40. The molecule has 0 atom stereocenters. The van der Waals surface area contributed by atoms with Crippen molar-refractivity contribution in [2.45, 2.75) is 13.0 Å². The second-order valence-electron chi connectivity index (χ2n) is 5.71. The van der Waals surface area contributed by atoms with Gasteiger partial charge in [-0.2, -0.15) is 22.1 Å². The Labute approximate surface area is 141 Å². The van der Waals surface area contributed by atoms with Gasteiger partial charge in [-0.1, -0.05) is 0 Å². The Morgan fingerprint density at radius 2 is 1.71 bits per heavy atom. The monoisotopic (exact) mass is 358 g/mol. The summed E-state index contributed by atoms with van der Waals surface area (Å²) >= 11 is 0. The van der Waals surface area contributed by atoms with Crippen LogP contribution in [0, 0.1) is 0 Å². The number of nitrogens with zero attached hydrogens (tertiary/aromatic N) is 6. The molecule has 3 heterocycles. The highest BCUT2D eigenvalue weighted by molar-refractivity contribution is 7.86. The van der Waals surface area contributed by atoms with Crippen LogP contribution in [0.5, 0.6) is 0 Å². The zero-order valence-corrected chi connectivity index (χ0v) is 14.3. The molecule has 10 nitrogen and oxygen atoms in total. The van der Waals surface area contributed by atoms with Crippen LogP contribution >= 0.6 is 0 Å². The lowest BCUT2D eigenvalue weighted by molar-refractivity contribution is -0.132. The highest BCUT2D eigenvalue weighted by Crippen LogP contribution is 2.14. The van der Waals surface area contributed by atoms with Crippen LogP contribution in [-0.2, 0) is 26.3 Å². The molecule has 134 valence electrons. The first-order valence-electron chi connectivity index (χ1n) is 8.00. The molecule has 2 fully saturated rings. The Kier molecular flexibility index (Phi) is 5.43. The number of hydrogen-bond donors (Lipinski definition) is 0. The minimum Gasteiger partial charge on any atom is -0.379 e. The van der Waals surface area contributed by atoms with Gasteiger partial charge < -0.3 is 9.64 Å². The molecule has 2 aliphatic rings. The van der Waals surface area contributed by atoms with Gasteiger partial charge >= 0.3 is 0 Å². The van der Waals surface area contributed by atoms with E-state index in [1.807, 2.05) is 0 Å². The molecule has 0 radical (unpaired) electrons. The fourth-order valence-electron chi connectivity index (χ4n) is 2.83. The maximum Gasteiger partial charge on any atom is 0.282 e. The third-order valence-corrected chi connectivity index (χ3v) is 6.27. The fraction of sp³-hybridized carbons (Fsp3) is 0.769. The molecular weight excluding hydrogens is 336 g/mol. The Bertz CT molecular complexity index is 635. The van der Waals surface area contributed by atoms with Crippen molar-refractivity contribution >= 4 is 16.1 Å². The summed E-state index contributed by atoms with van der Waals surface area (Å²) in [5.41, 5.74) is 0. The van der Waals surface area contributed by atoms with Crippen molar-refractivity contribution in [2.24, 2.45) is 0 Å². The molecule has 0 unspecified atom stereocenters. The number of ether oxygens (including phenoxy) is 1. The molecule has 0 spiro atoms. The SMILES string of the molecule is O=C(CCn1cncn1)N1CCN(S(=O)(=O)N2CCOCC2)CC1. The lowest BCUT2D eigenvalue weighted by atomic mass is 10.3. The number of hydrogen-bond acceptors (Lipinski definition) is 6. The van der Waals surface area contributed by atoms with Gasteiger partial charge in [0, 0.05) is 45.7 Å². The number of aryl methyl sites for hydroxylation is 1. The summed E-state index contributed by atoms with van der Waals surface area (Å²) in [6, 6.07) is 0. The van der Waals surface area contributed by atoms with Gasteiger partial charge in [0.15, 0.2) is 0 Å². The Morgan fingerprint density at radius 1 is 1.04 bits per heavy atom. The van der Waals surface area contributed by atoms with E-state index < -0.39 is 10.2 Å². The zero-order valence-electron chi connectivity index (χ0n) is 13.5. The molecule has 1 aromatic rings. The second kappa shape index (κ2) is 7.55. The van der Waals surface area contributed by atoms with Crippen LogP contribution in [0.3, 0.4) is 0 Å². The van der Waals surface area contributed by atoms with E-state index in [0.29, 0.717) is 65.4 Å². The molecule has 24 heavy (non-hydrogen) atoms. The van der Waals surface area contributed by atoms with E-state index in [9.17, 15) is 13.2 Å². The molecule has 2 aliphatic heterocycles. The van der Waals surface area contributed by atoms with Crippen molar-refractivity contribution in [3.8, 4) is 0 Å². The number of aromatic nitrogens is 3. The summed E-state index contributed by atoms with van der Waals surface area (Å²) in [7, 11) is -3.46. The molecule has 3 rings (SSSR count). The van der Waals surface area contributed by atoms with E-state index in [1.54, 1.807) is 15.9 Å². The molecule has 0 N–H and O–H groups in total. The Hall–Kier alpha value is -1.56. The van der Waals surface area contributed by atoms with Crippen LogP contribution in [0.25, 0.3) is 0 Å². The molecule has 0 aromatic carbocycles. The summed E-state index contributed by atoms with van der Waals surface area (Å²) < 4.78 is 34.9. The summed E-state index contributed by atoms with van der Waals surface area (Å²) in [5, 5.41) is 3.96. The largest absolute Gasteiger partial charge is 0.379 e. The molecule has 0 aliphatic carbocycles. The fourth-order valence-corrected chi connectivity index (χ4v) is 4.39. The van der Waals surface area contributed by atoms with Crippen molar-refractivity contribution in [1.29, 1.82) is 0 Å². The van der Waals surface area contributed by atoms with Gasteiger partial charge in [-0.3, -0.25) is 9.48 Å². The van der Waals surface area contributed by atoms with Crippen LogP contribution in [0.2, 0.25) is 0 Å². The van der Waals surface area contributed by atoms with E-state index in [0.717, 1.165) is 0 Å². The van der Waals surface area contributed by atoms with Crippen molar-refractivity contribution in [1.82, 2.24) is 28.3 Å². The van der Waals surface area contributed by atoms with Gasteiger partial charge in [-0.15, -0.1) is 0 Å². The third kappa shape index (κ3) is 3.91. The predicted molar refractivity (Wildman–Crippen MR) is 84.1 cm³/mol. The van der Waals surface area contributed by atoms with Crippen molar-refractivity contribution in [3.63, 3.8) is 0 Å². The van der Waals surface area contributed by atoms with Crippen LogP contribution in [-0.4, -0.2) is 95.1 Å². The van der Waals surface area contributed by atoms with Crippen LogP contribution in [0.4, 0.5) is 0 Å². The molecule has 0 saturated carbocycles. The number of amides is 1. The molecule has 1 amide bonds. The lowest BCUT2D eigenvalue weighted by Crippen LogP contribution is -2.55. The number of carbonyl (C=O) groups is 1. The standard InChI is InChI=1S/C13H22N6O4S/c20-13(1-2-17-12-14-11-15-17)16-3-5-18(6-4-16)24(21,22)19-7-9-23-10-8-19/h11-12H,1-10H2. The first kappa shape index (κ1) is 17.3. The lowest BCUT2D eigenvalue weighted by Gasteiger charge is -2.37. The van der Waals surface area contributed by atoms with E-state index >= 15 is 0 Å². The molecule has 1 aromatic heterocycles. The van der Waals surface area contributed by atoms with Gasteiger partial charge in [0.25, 0.3) is 10.2 Å². The van der Waals surface area contributed by atoms with E-state index in [1.165, 1.54) is 14.9 Å². The summed E-state index contributed by atoms with van der Waals surface area (Å²) in [4.78, 5) is 17.8. The number of piperazine rings is 1. The van der Waals surface area contributed by atoms with Gasteiger partial charge in [-0.05, 0) is 0 Å². The summed E-state index contributed by atoms with van der Waals surface area (Å²) in [6.07, 6.45) is 3.33. The zero-order chi connectivity index (χ0) is 17.0. The van der Waals surface area contributed by atoms with Gasteiger partial charge in [-0.25, -0.2) is 4.98 Å².